The van der Waals surface area contributed by atoms with Crippen LogP contribution in [-0.2, 0) is 0 Å². The third kappa shape index (κ3) is 2.95. The number of ether oxygens (including phenoxy) is 2. The summed E-state index contributed by atoms with van der Waals surface area (Å²) in [6.07, 6.45) is 2.02. The molecule has 6 heteroatoms. The van der Waals surface area contributed by atoms with Crippen molar-refractivity contribution in [3.8, 4) is 11.5 Å². The van der Waals surface area contributed by atoms with E-state index in [2.05, 4.69) is 0 Å². The van der Waals surface area contributed by atoms with Gasteiger partial charge in [0.2, 0.25) is 0 Å². The van der Waals surface area contributed by atoms with E-state index in [4.69, 9.17) is 15.2 Å². The number of nitrogens with two attached hydrogens (primary N) is 1. The number of nitrogen functional groups attached to an aromatic ring is 1. The number of halogens is 1. The summed E-state index contributed by atoms with van der Waals surface area (Å²) in [5, 5.41) is 0. The van der Waals surface area contributed by atoms with E-state index in [0.29, 0.717) is 22.7 Å². The molecule has 0 radical (unpaired) electrons. The maximum atomic E-state index is 12.4. The first-order valence-corrected chi connectivity index (χ1v) is 6.63. The lowest BCUT2D eigenvalue weighted by Crippen LogP contribution is -2.28. The van der Waals surface area contributed by atoms with Gasteiger partial charge in [-0.25, -0.2) is 4.39 Å². The molecule has 1 aliphatic rings. The van der Waals surface area contributed by atoms with Crippen LogP contribution in [-0.4, -0.2) is 44.3 Å². The molecule has 0 spiro atoms. The molecule has 20 heavy (non-hydrogen) atoms. The van der Waals surface area contributed by atoms with Gasteiger partial charge in [0.25, 0.3) is 5.91 Å². The van der Waals surface area contributed by atoms with Crippen molar-refractivity contribution in [2.75, 3.05) is 39.2 Å². The summed E-state index contributed by atoms with van der Waals surface area (Å²) in [7, 11) is 1.48. The van der Waals surface area contributed by atoms with Crippen molar-refractivity contribution in [1.82, 2.24) is 4.90 Å². The van der Waals surface area contributed by atoms with Crippen LogP contribution in [0.4, 0.5) is 10.1 Å². The topological polar surface area (TPSA) is 64.8 Å². The summed E-state index contributed by atoms with van der Waals surface area (Å²) >= 11 is 0. The van der Waals surface area contributed by atoms with E-state index < -0.39 is 6.67 Å². The van der Waals surface area contributed by atoms with E-state index in [1.54, 1.807) is 4.90 Å². The summed E-state index contributed by atoms with van der Waals surface area (Å²) in [5.74, 6) is 0.613. The highest BCUT2D eigenvalue weighted by atomic mass is 19.1. The Hall–Kier alpha value is -1.98. The fourth-order valence-electron chi connectivity index (χ4n) is 2.28. The number of carbonyl (C=O) groups is 1. The van der Waals surface area contributed by atoms with E-state index in [-0.39, 0.29) is 12.5 Å². The van der Waals surface area contributed by atoms with Crippen LogP contribution < -0.4 is 15.2 Å². The van der Waals surface area contributed by atoms with Crippen molar-refractivity contribution >= 4 is 11.6 Å². The number of benzene rings is 1. The number of hydrogen-bond acceptors (Lipinski definition) is 4. The summed E-state index contributed by atoms with van der Waals surface area (Å²) in [6, 6.07) is 3.07. The number of methoxy groups -OCH3 is 1. The zero-order valence-corrected chi connectivity index (χ0v) is 11.5. The third-order valence-corrected chi connectivity index (χ3v) is 3.29. The molecular formula is C14H19FN2O3. The molecule has 2 N–H and O–H groups in total. The van der Waals surface area contributed by atoms with Crippen LogP contribution in [0.5, 0.6) is 11.5 Å². The van der Waals surface area contributed by atoms with Crippen molar-refractivity contribution < 1.29 is 18.7 Å². The number of rotatable bonds is 5. The van der Waals surface area contributed by atoms with Crippen LogP contribution in [0, 0.1) is 0 Å². The SMILES string of the molecule is COc1cc(N)c(OCCF)cc1C(=O)N1CCCC1. The van der Waals surface area contributed by atoms with Gasteiger partial charge in [-0.1, -0.05) is 0 Å². The number of alkyl halides is 1. The lowest BCUT2D eigenvalue weighted by atomic mass is 10.1. The molecule has 1 fully saturated rings. The number of hydrogen-bond donors (Lipinski definition) is 1. The first-order chi connectivity index (χ1) is 9.67. The van der Waals surface area contributed by atoms with E-state index in [9.17, 15) is 9.18 Å². The molecule has 1 amide bonds. The number of likely N-dealkylation sites (tertiary alicyclic amines) is 1. The Labute approximate surface area is 117 Å². The summed E-state index contributed by atoms with van der Waals surface area (Å²) in [6.45, 7) is 0.787. The molecular weight excluding hydrogens is 263 g/mol. The average Bonchev–Trinajstić information content (AvgIpc) is 2.99. The first-order valence-electron chi connectivity index (χ1n) is 6.63. The minimum Gasteiger partial charge on any atom is -0.496 e. The van der Waals surface area contributed by atoms with Gasteiger partial charge >= 0.3 is 0 Å². The Morgan fingerprint density at radius 2 is 2.05 bits per heavy atom. The zero-order valence-electron chi connectivity index (χ0n) is 11.5. The van der Waals surface area contributed by atoms with Crippen LogP contribution >= 0.6 is 0 Å². The molecule has 5 nitrogen and oxygen atoms in total. The quantitative estimate of drug-likeness (QED) is 0.837. The lowest BCUT2D eigenvalue weighted by molar-refractivity contribution is 0.0789. The van der Waals surface area contributed by atoms with Gasteiger partial charge in [0.15, 0.2) is 0 Å². The third-order valence-electron chi connectivity index (χ3n) is 3.29. The maximum Gasteiger partial charge on any atom is 0.257 e. The van der Waals surface area contributed by atoms with Gasteiger partial charge in [-0.2, -0.15) is 0 Å². The smallest absolute Gasteiger partial charge is 0.257 e. The molecule has 1 aromatic rings. The van der Waals surface area contributed by atoms with E-state index >= 15 is 0 Å². The van der Waals surface area contributed by atoms with Crippen molar-refractivity contribution in [3.63, 3.8) is 0 Å². The molecule has 0 atom stereocenters. The number of nitrogens with zero attached hydrogens (tertiary/aromatic N) is 1. The summed E-state index contributed by atoms with van der Waals surface area (Å²) in [5.41, 5.74) is 6.54. The zero-order chi connectivity index (χ0) is 14.5. The Kier molecular flexibility index (Phi) is 4.65. The number of carbonyl (C=O) groups excluding carboxylic acids is 1. The normalized spacial score (nSPS) is 14.4. The second-order valence-corrected chi connectivity index (χ2v) is 4.63. The Balaban J connectivity index is 2.30. The fraction of sp³-hybridized carbons (Fsp3) is 0.500. The average molecular weight is 282 g/mol. The molecule has 0 bridgehead atoms. The molecule has 0 aromatic heterocycles. The second-order valence-electron chi connectivity index (χ2n) is 4.63. The number of amides is 1. The van der Waals surface area contributed by atoms with E-state index in [0.717, 1.165) is 25.9 Å². The molecule has 1 saturated heterocycles. The largest absolute Gasteiger partial charge is 0.496 e. The summed E-state index contributed by atoms with van der Waals surface area (Å²) in [4.78, 5) is 14.2. The standard InChI is InChI=1S/C14H19FN2O3/c1-19-12-9-11(16)13(20-7-4-15)8-10(12)14(18)17-5-2-3-6-17/h8-9H,2-7,16H2,1H3. The molecule has 1 aromatic carbocycles. The predicted octanol–water partition coefficient (Wildman–Crippen LogP) is 1.86. The van der Waals surface area contributed by atoms with Crippen LogP contribution in [0.1, 0.15) is 23.2 Å². The molecule has 1 aliphatic heterocycles. The van der Waals surface area contributed by atoms with Gasteiger partial charge in [0, 0.05) is 19.2 Å². The van der Waals surface area contributed by atoms with Crippen molar-refractivity contribution in [1.29, 1.82) is 0 Å². The van der Waals surface area contributed by atoms with Gasteiger partial charge in [0.05, 0.1) is 18.4 Å². The van der Waals surface area contributed by atoms with E-state index in [1.807, 2.05) is 0 Å². The Morgan fingerprint density at radius 3 is 2.65 bits per heavy atom. The van der Waals surface area contributed by atoms with Crippen molar-refractivity contribution in [2.45, 2.75) is 12.8 Å². The molecule has 0 aliphatic carbocycles. The van der Waals surface area contributed by atoms with Gasteiger partial charge < -0.3 is 20.1 Å². The Bertz CT molecular complexity index is 488. The minimum atomic E-state index is -0.610. The summed E-state index contributed by atoms with van der Waals surface area (Å²) < 4.78 is 22.6. The molecule has 110 valence electrons. The molecule has 1 heterocycles. The maximum absolute atomic E-state index is 12.4. The van der Waals surface area contributed by atoms with Gasteiger partial charge in [-0.15, -0.1) is 0 Å². The Morgan fingerprint density at radius 1 is 1.35 bits per heavy atom. The predicted molar refractivity (Wildman–Crippen MR) is 74.0 cm³/mol. The monoisotopic (exact) mass is 282 g/mol. The van der Waals surface area contributed by atoms with Crippen LogP contribution in [0.15, 0.2) is 12.1 Å². The fourth-order valence-corrected chi connectivity index (χ4v) is 2.28. The van der Waals surface area contributed by atoms with Gasteiger partial charge in [-0.05, 0) is 18.9 Å². The van der Waals surface area contributed by atoms with E-state index in [1.165, 1.54) is 19.2 Å². The minimum absolute atomic E-state index is 0.0894. The highest BCUT2D eigenvalue weighted by molar-refractivity contribution is 5.98. The highest BCUT2D eigenvalue weighted by Crippen LogP contribution is 2.32. The molecule has 2 rings (SSSR count). The van der Waals surface area contributed by atoms with Crippen molar-refractivity contribution in [3.05, 3.63) is 17.7 Å². The molecule has 0 unspecified atom stereocenters. The lowest BCUT2D eigenvalue weighted by Gasteiger charge is -2.18. The van der Waals surface area contributed by atoms with Gasteiger partial charge in [0.1, 0.15) is 24.8 Å². The second kappa shape index (κ2) is 6.45. The van der Waals surface area contributed by atoms with Crippen molar-refractivity contribution in [2.24, 2.45) is 0 Å². The van der Waals surface area contributed by atoms with Crippen LogP contribution in [0.3, 0.4) is 0 Å². The van der Waals surface area contributed by atoms with Crippen LogP contribution in [0.25, 0.3) is 0 Å². The van der Waals surface area contributed by atoms with Crippen LogP contribution in [0.2, 0.25) is 0 Å². The highest BCUT2D eigenvalue weighted by Gasteiger charge is 2.24. The number of anilines is 1. The first kappa shape index (κ1) is 14.4. The van der Waals surface area contributed by atoms with Gasteiger partial charge in [-0.3, -0.25) is 4.79 Å². The molecule has 0 saturated carbocycles.